The molecule has 0 aliphatic rings. The van der Waals surface area contributed by atoms with Crippen molar-refractivity contribution in [3.63, 3.8) is 0 Å². The molecule has 0 N–H and O–H groups in total. The van der Waals surface area contributed by atoms with Crippen molar-refractivity contribution in [2.75, 3.05) is 0 Å². The Balaban J connectivity index is 0.000000671. The Labute approximate surface area is 80.1 Å². The van der Waals surface area contributed by atoms with Gasteiger partial charge >= 0.3 is 0 Å². The van der Waals surface area contributed by atoms with E-state index in [0.29, 0.717) is 0 Å². The van der Waals surface area contributed by atoms with Crippen LogP contribution in [0, 0.1) is 0 Å². The molecule has 0 aliphatic carbocycles. The van der Waals surface area contributed by atoms with E-state index in [2.05, 4.69) is 6.58 Å². The quantitative estimate of drug-likeness (QED) is 0.630. The maximum atomic E-state index is 10.8. The third-order valence-corrected chi connectivity index (χ3v) is 1.55. The maximum Gasteiger partial charge on any atom is 0.159 e. The molecule has 0 aromatic heterocycles. The number of rotatable bonds is 2. The lowest BCUT2D eigenvalue weighted by Gasteiger charge is -1.94. The lowest BCUT2D eigenvalue weighted by Crippen LogP contribution is -1.90. The first kappa shape index (κ1) is 11.6. The molecule has 0 amide bonds. The Morgan fingerprint density at radius 2 is 1.69 bits per heavy atom. The van der Waals surface area contributed by atoms with Gasteiger partial charge in [0.2, 0.25) is 0 Å². The predicted octanol–water partition coefficient (Wildman–Crippen LogP) is 3.56. The van der Waals surface area contributed by atoms with E-state index in [0.717, 1.165) is 11.1 Å². The number of hydrogen-bond acceptors (Lipinski definition) is 1. The molecular formula is C12H16O. The number of Topliss-reactive ketones (excluding diaryl/α,β-unsaturated/α-hetero) is 1. The van der Waals surface area contributed by atoms with Crippen molar-refractivity contribution in [2.45, 2.75) is 20.8 Å². The molecule has 0 atom stereocenters. The second-order valence-corrected chi connectivity index (χ2v) is 2.38. The van der Waals surface area contributed by atoms with Crippen LogP contribution in [0.2, 0.25) is 0 Å². The van der Waals surface area contributed by atoms with Crippen LogP contribution >= 0.6 is 0 Å². The minimum Gasteiger partial charge on any atom is -0.295 e. The van der Waals surface area contributed by atoms with E-state index in [1.807, 2.05) is 26.0 Å². The molecule has 0 heterocycles. The minimum absolute atomic E-state index is 0.0978. The van der Waals surface area contributed by atoms with Gasteiger partial charge < -0.3 is 0 Å². The normalized spacial score (nSPS) is 8.23. The Morgan fingerprint density at radius 3 is 2.00 bits per heavy atom. The van der Waals surface area contributed by atoms with Gasteiger partial charge in [0.05, 0.1) is 0 Å². The zero-order valence-corrected chi connectivity index (χ0v) is 8.50. The van der Waals surface area contributed by atoms with Crippen molar-refractivity contribution in [3.8, 4) is 0 Å². The molecule has 0 saturated carbocycles. The molecule has 1 aromatic rings. The van der Waals surface area contributed by atoms with Crippen molar-refractivity contribution in [2.24, 2.45) is 0 Å². The molecule has 0 saturated heterocycles. The molecule has 1 heteroatoms. The SMILES string of the molecule is C=Cc1ccc(C(C)=O)cc1.CC. The summed E-state index contributed by atoms with van der Waals surface area (Å²) in [5.74, 6) is 0.0978. The lowest BCUT2D eigenvalue weighted by molar-refractivity contribution is 0.101. The molecule has 1 rings (SSSR count). The third-order valence-electron chi connectivity index (χ3n) is 1.55. The van der Waals surface area contributed by atoms with Crippen LogP contribution in [0.4, 0.5) is 0 Å². The predicted molar refractivity (Wildman–Crippen MR) is 57.9 cm³/mol. The Bertz CT molecular complexity index is 270. The zero-order valence-electron chi connectivity index (χ0n) is 8.50. The summed E-state index contributed by atoms with van der Waals surface area (Å²) in [5, 5.41) is 0. The summed E-state index contributed by atoms with van der Waals surface area (Å²) in [6.45, 7) is 9.18. The molecule has 0 unspecified atom stereocenters. The molecule has 13 heavy (non-hydrogen) atoms. The fourth-order valence-electron chi connectivity index (χ4n) is 0.854. The summed E-state index contributed by atoms with van der Waals surface area (Å²) in [7, 11) is 0. The van der Waals surface area contributed by atoms with Crippen molar-refractivity contribution in [3.05, 3.63) is 42.0 Å². The molecule has 0 fully saturated rings. The Hall–Kier alpha value is -1.37. The summed E-state index contributed by atoms with van der Waals surface area (Å²) >= 11 is 0. The van der Waals surface area contributed by atoms with Gasteiger partial charge in [-0.05, 0) is 12.5 Å². The van der Waals surface area contributed by atoms with E-state index in [-0.39, 0.29) is 5.78 Å². The Morgan fingerprint density at radius 1 is 1.23 bits per heavy atom. The highest BCUT2D eigenvalue weighted by Crippen LogP contribution is 2.05. The Kier molecular flexibility index (Phi) is 5.53. The fraction of sp³-hybridized carbons (Fsp3) is 0.250. The van der Waals surface area contributed by atoms with Crippen LogP contribution in [0.1, 0.15) is 36.7 Å². The van der Waals surface area contributed by atoms with Gasteiger partial charge in [-0.25, -0.2) is 0 Å². The van der Waals surface area contributed by atoms with Gasteiger partial charge in [0.25, 0.3) is 0 Å². The van der Waals surface area contributed by atoms with Crippen molar-refractivity contribution in [1.29, 1.82) is 0 Å². The molecular weight excluding hydrogens is 160 g/mol. The first-order valence-corrected chi connectivity index (χ1v) is 4.47. The lowest BCUT2D eigenvalue weighted by atomic mass is 10.1. The second-order valence-electron chi connectivity index (χ2n) is 2.38. The first-order valence-electron chi connectivity index (χ1n) is 4.47. The smallest absolute Gasteiger partial charge is 0.159 e. The molecule has 0 aliphatic heterocycles. The molecule has 1 aromatic carbocycles. The fourth-order valence-corrected chi connectivity index (χ4v) is 0.854. The van der Waals surface area contributed by atoms with Gasteiger partial charge in [0.1, 0.15) is 0 Å². The molecule has 0 bridgehead atoms. The van der Waals surface area contributed by atoms with Crippen LogP contribution < -0.4 is 0 Å². The van der Waals surface area contributed by atoms with Crippen LogP contribution in [0.5, 0.6) is 0 Å². The average molecular weight is 176 g/mol. The molecule has 1 nitrogen and oxygen atoms in total. The van der Waals surface area contributed by atoms with Gasteiger partial charge in [-0.2, -0.15) is 0 Å². The van der Waals surface area contributed by atoms with Crippen LogP contribution in [0.3, 0.4) is 0 Å². The van der Waals surface area contributed by atoms with E-state index in [1.54, 1.807) is 25.1 Å². The van der Waals surface area contributed by atoms with Gasteiger partial charge in [-0.15, -0.1) is 0 Å². The molecule has 0 spiro atoms. The number of carbonyl (C=O) groups excluding carboxylic acids is 1. The van der Waals surface area contributed by atoms with Crippen LogP contribution in [-0.4, -0.2) is 5.78 Å². The maximum absolute atomic E-state index is 10.8. The first-order chi connectivity index (χ1) is 6.24. The summed E-state index contributed by atoms with van der Waals surface area (Å²) in [6, 6.07) is 7.37. The highest BCUT2D eigenvalue weighted by Gasteiger charge is 1.95. The summed E-state index contributed by atoms with van der Waals surface area (Å²) in [5.41, 5.74) is 1.78. The van der Waals surface area contributed by atoms with E-state index in [4.69, 9.17) is 0 Å². The van der Waals surface area contributed by atoms with Crippen molar-refractivity contribution < 1.29 is 4.79 Å². The summed E-state index contributed by atoms with van der Waals surface area (Å²) < 4.78 is 0. The van der Waals surface area contributed by atoms with Gasteiger partial charge in [-0.1, -0.05) is 50.8 Å². The number of hydrogen-bond donors (Lipinski definition) is 0. The summed E-state index contributed by atoms with van der Waals surface area (Å²) in [4.78, 5) is 10.8. The van der Waals surface area contributed by atoms with Gasteiger partial charge in [-0.3, -0.25) is 4.79 Å². The van der Waals surface area contributed by atoms with Crippen LogP contribution in [-0.2, 0) is 0 Å². The van der Waals surface area contributed by atoms with E-state index >= 15 is 0 Å². The molecule has 70 valence electrons. The van der Waals surface area contributed by atoms with Crippen molar-refractivity contribution in [1.82, 2.24) is 0 Å². The van der Waals surface area contributed by atoms with E-state index in [9.17, 15) is 4.79 Å². The average Bonchev–Trinajstić information content (AvgIpc) is 2.21. The van der Waals surface area contributed by atoms with Crippen LogP contribution in [0.15, 0.2) is 30.8 Å². The number of carbonyl (C=O) groups is 1. The number of benzene rings is 1. The van der Waals surface area contributed by atoms with Crippen LogP contribution in [0.25, 0.3) is 6.08 Å². The second kappa shape index (κ2) is 6.18. The van der Waals surface area contributed by atoms with E-state index < -0.39 is 0 Å². The zero-order chi connectivity index (χ0) is 10.3. The minimum atomic E-state index is 0.0978. The third kappa shape index (κ3) is 3.70. The number of ketones is 1. The topological polar surface area (TPSA) is 17.1 Å². The van der Waals surface area contributed by atoms with Gasteiger partial charge in [0.15, 0.2) is 5.78 Å². The molecule has 0 radical (unpaired) electrons. The largest absolute Gasteiger partial charge is 0.295 e. The highest BCUT2D eigenvalue weighted by atomic mass is 16.1. The van der Waals surface area contributed by atoms with Crippen molar-refractivity contribution >= 4 is 11.9 Å². The van der Waals surface area contributed by atoms with E-state index in [1.165, 1.54) is 0 Å². The highest BCUT2D eigenvalue weighted by molar-refractivity contribution is 5.94. The van der Waals surface area contributed by atoms with Gasteiger partial charge in [0, 0.05) is 5.56 Å². The monoisotopic (exact) mass is 176 g/mol. The summed E-state index contributed by atoms with van der Waals surface area (Å²) in [6.07, 6.45) is 1.75. The standard InChI is InChI=1S/C10H10O.C2H6/c1-3-9-4-6-10(7-5-9)8(2)11;1-2/h3-7H,1H2,2H3;1-2H3.